The molecule has 6 nitrogen and oxygen atoms in total. The number of carbonyl (C=O) groups excluding carboxylic acids is 1. The molecule has 1 saturated heterocycles. The van der Waals surface area contributed by atoms with E-state index < -0.39 is 0 Å². The fourth-order valence-corrected chi connectivity index (χ4v) is 4.46. The van der Waals surface area contributed by atoms with Crippen LogP contribution in [0.5, 0.6) is 0 Å². The summed E-state index contributed by atoms with van der Waals surface area (Å²) >= 11 is 1.41. The predicted octanol–water partition coefficient (Wildman–Crippen LogP) is 3.84. The number of ether oxygens (including phenoxy) is 1. The zero-order valence-electron chi connectivity index (χ0n) is 16.2. The van der Waals surface area contributed by atoms with Gasteiger partial charge in [0.1, 0.15) is 6.33 Å². The highest BCUT2D eigenvalue weighted by atomic mass is 32.2. The van der Waals surface area contributed by atoms with Crippen LogP contribution in [0.1, 0.15) is 34.6 Å². The maximum Gasteiger partial charge on any atom is 0.196 e. The van der Waals surface area contributed by atoms with E-state index in [1.54, 1.807) is 6.33 Å². The van der Waals surface area contributed by atoms with Crippen molar-refractivity contribution >= 4 is 17.5 Å². The number of ketones is 1. The Kier molecular flexibility index (Phi) is 5.64. The smallest absolute Gasteiger partial charge is 0.196 e. The molecule has 1 aromatic carbocycles. The van der Waals surface area contributed by atoms with Crippen molar-refractivity contribution in [2.24, 2.45) is 0 Å². The van der Waals surface area contributed by atoms with E-state index in [0.717, 1.165) is 48.6 Å². The Bertz CT molecular complexity index is 958. The van der Waals surface area contributed by atoms with Gasteiger partial charge in [-0.3, -0.25) is 9.36 Å². The van der Waals surface area contributed by atoms with E-state index in [0.29, 0.717) is 10.9 Å². The van der Waals surface area contributed by atoms with Gasteiger partial charge in [-0.2, -0.15) is 0 Å². The third kappa shape index (κ3) is 3.91. The van der Waals surface area contributed by atoms with Crippen molar-refractivity contribution in [2.45, 2.75) is 44.5 Å². The molecule has 0 N–H and O–H groups in total. The Hall–Kier alpha value is -2.38. The lowest BCUT2D eigenvalue weighted by molar-refractivity contribution is 0.0957. The van der Waals surface area contributed by atoms with Gasteiger partial charge in [0.2, 0.25) is 0 Å². The maximum absolute atomic E-state index is 12.9. The molecule has 1 aliphatic heterocycles. The normalized spacial score (nSPS) is 16.6. The molecule has 3 heterocycles. The molecule has 1 fully saturated rings. The Balaban J connectivity index is 1.46. The molecular formula is C21H24N4O2S. The van der Waals surface area contributed by atoms with E-state index in [1.165, 1.54) is 11.8 Å². The van der Waals surface area contributed by atoms with Gasteiger partial charge in [0.25, 0.3) is 0 Å². The lowest BCUT2D eigenvalue weighted by Gasteiger charge is -2.14. The predicted molar refractivity (Wildman–Crippen MR) is 109 cm³/mol. The van der Waals surface area contributed by atoms with E-state index in [9.17, 15) is 4.79 Å². The van der Waals surface area contributed by atoms with Gasteiger partial charge in [0.15, 0.2) is 10.9 Å². The number of aryl methyl sites for hydroxylation is 1. The van der Waals surface area contributed by atoms with Crippen molar-refractivity contribution < 1.29 is 9.53 Å². The Morgan fingerprint density at radius 1 is 1.29 bits per heavy atom. The van der Waals surface area contributed by atoms with E-state index >= 15 is 0 Å². The number of hydrogen-bond donors (Lipinski definition) is 0. The van der Waals surface area contributed by atoms with Gasteiger partial charge in [-0.1, -0.05) is 30.0 Å². The second-order valence-corrected chi connectivity index (χ2v) is 8.00. The first-order valence-electron chi connectivity index (χ1n) is 9.53. The van der Waals surface area contributed by atoms with Gasteiger partial charge in [-0.15, -0.1) is 10.2 Å². The molecule has 0 amide bonds. The monoisotopic (exact) mass is 396 g/mol. The van der Waals surface area contributed by atoms with Gasteiger partial charge in [0.05, 0.1) is 11.9 Å². The number of Topliss-reactive ketones (excluding diaryl/α,β-unsaturated/α-hetero) is 1. The summed E-state index contributed by atoms with van der Waals surface area (Å²) in [5.41, 5.74) is 3.89. The SMILES string of the molecule is Cc1cc(C(=O)CSc2nncn2-c2ccccc2)c(C)n1C[C@@H]1CCCO1. The third-order valence-electron chi connectivity index (χ3n) is 5.17. The summed E-state index contributed by atoms with van der Waals surface area (Å²) in [6.45, 7) is 5.74. The standard InChI is InChI=1S/C21H24N4O2S/c1-15-11-19(16(2)24(15)12-18-9-6-10-27-18)20(26)13-28-21-23-22-14-25(21)17-7-4-3-5-8-17/h3-5,7-8,11,14,18H,6,9-10,12-13H2,1-2H3/t18-/m0/s1. The topological polar surface area (TPSA) is 61.9 Å². The number of aromatic nitrogens is 4. The van der Waals surface area contributed by atoms with Crippen LogP contribution in [0.15, 0.2) is 47.9 Å². The molecule has 146 valence electrons. The summed E-state index contributed by atoms with van der Waals surface area (Å²) in [5, 5.41) is 8.89. The fourth-order valence-electron chi connectivity index (χ4n) is 3.65. The molecule has 1 atom stereocenters. The van der Waals surface area contributed by atoms with Crippen LogP contribution in [-0.4, -0.2) is 43.6 Å². The van der Waals surface area contributed by atoms with E-state index in [1.807, 2.05) is 47.9 Å². The first-order chi connectivity index (χ1) is 13.6. The molecule has 0 bridgehead atoms. The van der Waals surface area contributed by atoms with Crippen LogP contribution in [0.3, 0.4) is 0 Å². The molecular weight excluding hydrogens is 372 g/mol. The van der Waals surface area contributed by atoms with Gasteiger partial charge in [0, 0.05) is 35.8 Å². The van der Waals surface area contributed by atoms with Crippen LogP contribution in [0.2, 0.25) is 0 Å². The molecule has 3 aromatic rings. The lowest BCUT2D eigenvalue weighted by atomic mass is 10.2. The number of thioether (sulfide) groups is 1. The van der Waals surface area contributed by atoms with Crippen LogP contribution in [-0.2, 0) is 11.3 Å². The van der Waals surface area contributed by atoms with E-state index in [4.69, 9.17) is 4.74 Å². The summed E-state index contributed by atoms with van der Waals surface area (Å²) in [7, 11) is 0. The first-order valence-corrected chi connectivity index (χ1v) is 10.5. The van der Waals surface area contributed by atoms with Crippen LogP contribution in [0.25, 0.3) is 5.69 Å². The summed E-state index contributed by atoms with van der Waals surface area (Å²) in [6.07, 6.45) is 4.14. The summed E-state index contributed by atoms with van der Waals surface area (Å²) in [5.74, 6) is 0.440. The van der Waals surface area contributed by atoms with Gasteiger partial charge in [-0.25, -0.2) is 0 Å². The summed E-state index contributed by atoms with van der Waals surface area (Å²) in [6, 6.07) is 11.9. The van der Waals surface area contributed by atoms with Crippen molar-refractivity contribution in [3.05, 3.63) is 59.7 Å². The second-order valence-electron chi connectivity index (χ2n) is 7.06. The minimum atomic E-state index is 0.110. The highest BCUT2D eigenvalue weighted by molar-refractivity contribution is 7.99. The molecule has 0 unspecified atom stereocenters. The van der Waals surface area contributed by atoms with Crippen molar-refractivity contribution in [1.82, 2.24) is 19.3 Å². The largest absolute Gasteiger partial charge is 0.376 e. The highest BCUT2D eigenvalue weighted by Gasteiger charge is 2.21. The Morgan fingerprint density at radius 2 is 2.11 bits per heavy atom. The summed E-state index contributed by atoms with van der Waals surface area (Å²) in [4.78, 5) is 12.9. The number of carbonyl (C=O) groups is 1. The van der Waals surface area contributed by atoms with Gasteiger partial charge < -0.3 is 9.30 Å². The molecule has 0 spiro atoms. The number of benzene rings is 1. The zero-order valence-corrected chi connectivity index (χ0v) is 17.0. The molecule has 0 saturated carbocycles. The third-order valence-corrected chi connectivity index (χ3v) is 6.11. The van der Waals surface area contributed by atoms with Gasteiger partial charge in [-0.05, 0) is 44.9 Å². The average Bonchev–Trinajstić information content (AvgIpc) is 3.44. The van der Waals surface area contributed by atoms with Crippen LogP contribution in [0.4, 0.5) is 0 Å². The number of para-hydroxylation sites is 1. The van der Waals surface area contributed by atoms with E-state index in [2.05, 4.69) is 21.7 Å². The molecule has 7 heteroatoms. The van der Waals surface area contributed by atoms with Crippen LogP contribution in [0, 0.1) is 13.8 Å². The molecule has 4 rings (SSSR count). The molecule has 2 aromatic heterocycles. The number of nitrogens with zero attached hydrogens (tertiary/aromatic N) is 4. The van der Waals surface area contributed by atoms with Crippen LogP contribution < -0.4 is 0 Å². The van der Waals surface area contributed by atoms with Crippen molar-refractivity contribution in [3.63, 3.8) is 0 Å². The first kappa shape index (κ1) is 19.0. The quantitative estimate of drug-likeness (QED) is 0.449. The highest BCUT2D eigenvalue weighted by Crippen LogP contribution is 2.24. The zero-order chi connectivity index (χ0) is 19.5. The molecule has 28 heavy (non-hydrogen) atoms. The lowest BCUT2D eigenvalue weighted by Crippen LogP contribution is -2.17. The average molecular weight is 397 g/mol. The maximum atomic E-state index is 12.9. The molecule has 0 radical (unpaired) electrons. The Morgan fingerprint density at radius 3 is 2.86 bits per heavy atom. The molecule has 1 aliphatic rings. The van der Waals surface area contributed by atoms with Gasteiger partial charge >= 0.3 is 0 Å². The van der Waals surface area contributed by atoms with Crippen molar-refractivity contribution in [3.8, 4) is 5.69 Å². The van der Waals surface area contributed by atoms with Crippen LogP contribution >= 0.6 is 11.8 Å². The molecule has 0 aliphatic carbocycles. The second kappa shape index (κ2) is 8.32. The van der Waals surface area contributed by atoms with Crippen molar-refractivity contribution in [2.75, 3.05) is 12.4 Å². The number of hydrogen-bond acceptors (Lipinski definition) is 5. The van der Waals surface area contributed by atoms with Crippen molar-refractivity contribution in [1.29, 1.82) is 0 Å². The number of rotatable bonds is 7. The minimum absolute atomic E-state index is 0.110. The Labute approximate surface area is 168 Å². The minimum Gasteiger partial charge on any atom is -0.376 e. The summed E-state index contributed by atoms with van der Waals surface area (Å²) < 4.78 is 9.87. The van der Waals surface area contributed by atoms with E-state index in [-0.39, 0.29) is 11.9 Å². The fraction of sp³-hybridized carbons (Fsp3) is 0.381.